The molecule has 0 bridgehead atoms. The molecular formula is C18H11BrCl2F3N7O. The van der Waals surface area contributed by atoms with Crippen LogP contribution in [0.25, 0.3) is 5.65 Å². The number of aryl methyl sites for hydroxylation is 1. The van der Waals surface area contributed by atoms with Gasteiger partial charge in [-0.05, 0) is 41.1 Å². The second-order valence-corrected chi connectivity index (χ2v) is 8.21. The number of nitrogens with zero attached hydrogens (tertiary/aromatic N) is 6. The van der Waals surface area contributed by atoms with E-state index < -0.39 is 17.8 Å². The Bertz CT molecular complexity index is 1330. The monoisotopic (exact) mass is 547 g/mol. The van der Waals surface area contributed by atoms with Crippen LogP contribution in [0, 0.1) is 6.92 Å². The van der Waals surface area contributed by atoms with Crippen LogP contribution in [-0.2, 0) is 12.7 Å². The van der Waals surface area contributed by atoms with Gasteiger partial charge in [0, 0.05) is 21.3 Å². The number of aromatic nitrogens is 6. The third-order valence-corrected chi connectivity index (χ3v) is 5.75. The number of rotatable bonds is 4. The average molecular weight is 549 g/mol. The summed E-state index contributed by atoms with van der Waals surface area (Å²) in [4.78, 5) is 20.7. The molecule has 0 spiro atoms. The molecule has 1 amide bonds. The van der Waals surface area contributed by atoms with E-state index in [4.69, 9.17) is 23.2 Å². The molecule has 1 N–H and O–H groups in total. The number of halogens is 6. The van der Waals surface area contributed by atoms with Gasteiger partial charge >= 0.3 is 6.18 Å². The lowest BCUT2D eigenvalue weighted by molar-refractivity contribution is -0.142. The van der Waals surface area contributed by atoms with Crippen LogP contribution in [0.3, 0.4) is 0 Å². The van der Waals surface area contributed by atoms with E-state index in [2.05, 4.69) is 41.4 Å². The van der Waals surface area contributed by atoms with Crippen LogP contribution in [0.15, 0.2) is 35.1 Å². The lowest BCUT2D eigenvalue weighted by atomic mass is 10.2. The maximum atomic E-state index is 13.4. The van der Waals surface area contributed by atoms with Gasteiger partial charge in [-0.2, -0.15) is 18.3 Å². The van der Waals surface area contributed by atoms with Crippen LogP contribution in [0.5, 0.6) is 0 Å². The first-order valence-corrected chi connectivity index (χ1v) is 10.4. The van der Waals surface area contributed by atoms with Crippen molar-refractivity contribution in [3.05, 3.63) is 67.8 Å². The summed E-state index contributed by atoms with van der Waals surface area (Å²) in [5, 5.41) is 11.2. The first-order chi connectivity index (χ1) is 15.0. The highest BCUT2D eigenvalue weighted by Crippen LogP contribution is 2.32. The van der Waals surface area contributed by atoms with Crippen molar-refractivity contribution >= 4 is 56.6 Å². The molecule has 4 rings (SSSR count). The highest BCUT2D eigenvalue weighted by molar-refractivity contribution is 9.10. The number of fused-ring (bicyclic) bond motifs is 1. The fraction of sp³-hybridized carbons (Fsp3) is 0.167. The molecule has 0 atom stereocenters. The number of hydrogen-bond acceptors (Lipinski definition) is 5. The number of carbonyl (C=O) groups excluding carboxylic acids is 1. The van der Waals surface area contributed by atoms with E-state index in [-0.39, 0.29) is 34.0 Å². The van der Waals surface area contributed by atoms with Crippen LogP contribution in [-0.4, -0.2) is 35.3 Å². The van der Waals surface area contributed by atoms with Gasteiger partial charge in [-0.25, -0.2) is 19.2 Å². The molecule has 3 heterocycles. The summed E-state index contributed by atoms with van der Waals surface area (Å²) >= 11 is 15.4. The Kier molecular flexibility index (Phi) is 5.86. The number of hydrogen-bond donors (Lipinski definition) is 1. The first-order valence-electron chi connectivity index (χ1n) is 8.81. The van der Waals surface area contributed by atoms with E-state index in [1.807, 2.05) is 0 Å². The summed E-state index contributed by atoms with van der Waals surface area (Å²) in [5.74, 6) is -0.899. The summed E-state index contributed by atoms with van der Waals surface area (Å²) < 4.78 is 42.1. The third kappa shape index (κ3) is 4.30. The van der Waals surface area contributed by atoms with Crippen molar-refractivity contribution in [1.82, 2.24) is 29.4 Å². The molecule has 14 heteroatoms. The summed E-state index contributed by atoms with van der Waals surface area (Å²) in [6, 6.07) is 5.90. The number of nitrogens with one attached hydrogen (secondary N) is 1. The Morgan fingerprint density at radius 1 is 1.22 bits per heavy atom. The molecule has 4 aromatic rings. The van der Waals surface area contributed by atoms with E-state index >= 15 is 0 Å². The van der Waals surface area contributed by atoms with Gasteiger partial charge in [0.1, 0.15) is 12.0 Å². The van der Waals surface area contributed by atoms with Crippen molar-refractivity contribution in [2.24, 2.45) is 0 Å². The molecule has 0 fully saturated rings. The molecule has 0 aliphatic heterocycles. The Morgan fingerprint density at radius 3 is 2.56 bits per heavy atom. The van der Waals surface area contributed by atoms with Crippen LogP contribution < -0.4 is 5.32 Å². The minimum absolute atomic E-state index is 0.00600. The molecule has 8 nitrogen and oxygen atoms in total. The van der Waals surface area contributed by atoms with E-state index in [1.54, 1.807) is 18.2 Å². The summed E-state index contributed by atoms with van der Waals surface area (Å²) in [7, 11) is 0. The number of alkyl halides is 3. The number of amides is 1. The SMILES string of the molecule is Cc1cc(C(F)(F)F)n2nc(C(=O)Nc3ncn(Cc4c(Cl)cccc4Cl)n3)c(Br)c2n1. The van der Waals surface area contributed by atoms with E-state index in [1.165, 1.54) is 17.9 Å². The molecule has 0 saturated carbocycles. The highest BCUT2D eigenvalue weighted by atomic mass is 79.9. The summed E-state index contributed by atoms with van der Waals surface area (Å²) in [5.41, 5.74) is -0.772. The van der Waals surface area contributed by atoms with Gasteiger partial charge in [-0.3, -0.25) is 10.1 Å². The third-order valence-electron chi connectivity index (χ3n) is 4.31. The van der Waals surface area contributed by atoms with E-state index in [0.29, 0.717) is 20.1 Å². The number of anilines is 1. The molecule has 0 radical (unpaired) electrons. The number of carbonyl (C=O) groups is 1. The molecule has 32 heavy (non-hydrogen) atoms. The van der Waals surface area contributed by atoms with E-state index in [0.717, 1.165) is 6.07 Å². The Balaban J connectivity index is 1.61. The summed E-state index contributed by atoms with van der Waals surface area (Å²) in [6.45, 7) is 1.60. The van der Waals surface area contributed by atoms with Crippen molar-refractivity contribution < 1.29 is 18.0 Å². The van der Waals surface area contributed by atoms with Crippen LogP contribution in [0.1, 0.15) is 27.4 Å². The van der Waals surface area contributed by atoms with Gasteiger partial charge in [0.2, 0.25) is 5.95 Å². The quantitative estimate of drug-likeness (QED) is 0.387. The maximum absolute atomic E-state index is 13.4. The normalized spacial score (nSPS) is 11.8. The second-order valence-electron chi connectivity index (χ2n) is 6.60. The topological polar surface area (TPSA) is 90.0 Å². The predicted octanol–water partition coefficient (Wildman–Crippen LogP) is 5.02. The average Bonchev–Trinajstić information content (AvgIpc) is 3.28. The zero-order valence-corrected chi connectivity index (χ0v) is 19.1. The largest absolute Gasteiger partial charge is 0.433 e. The Morgan fingerprint density at radius 2 is 1.91 bits per heavy atom. The predicted molar refractivity (Wildman–Crippen MR) is 114 cm³/mol. The lowest BCUT2D eigenvalue weighted by Gasteiger charge is -2.09. The second kappa shape index (κ2) is 8.34. The maximum Gasteiger partial charge on any atom is 0.433 e. The zero-order chi connectivity index (χ0) is 23.2. The number of benzene rings is 1. The van der Waals surface area contributed by atoms with Gasteiger partial charge in [0.05, 0.1) is 11.0 Å². The molecular weight excluding hydrogens is 538 g/mol. The standard InChI is InChI=1S/C18H11BrCl2F3N7O/c1-8-5-12(18(22,23)24)31-15(26-8)13(19)14(28-31)16(32)27-17-25-7-30(29-17)6-9-10(20)3-2-4-11(9)21/h2-5,7H,6H2,1H3,(H,27,29,32). The Hall–Kier alpha value is -2.70. The fourth-order valence-electron chi connectivity index (χ4n) is 2.89. The lowest BCUT2D eigenvalue weighted by Crippen LogP contribution is -2.16. The van der Waals surface area contributed by atoms with Crippen molar-refractivity contribution in [2.45, 2.75) is 19.6 Å². The Labute approximate surface area is 196 Å². The molecule has 0 saturated heterocycles. The van der Waals surface area contributed by atoms with Gasteiger partial charge in [-0.15, -0.1) is 5.10 Å². The van der Waals surface area contributed by atoms with Crippen molar-refractivity contribution in [3.63, 3.8) is 0 Å². The van der Waals surface area contributed by atoms with Crippen molar-refractivity contribution in [3.8, 4) is 0 Å². The minimum atomic E-state index is -4.69. The van der Waals surface area contributed by atoms with Gasteiger partial charge < -0.3 is 0 Å². The first kappa shape index (κ1) is 22.5. The van der Waals surface area contributed by atoms with Crippen molar-refractivity contribution in [1.29, 1.82) is 0 Å². The van der Waals surface area contributed by atoms with Crippen LogP contribution >= 0.6 is 39.1 Å². The van der Waals surface area contributed by atoms with Gasteiger partial charge in [0.25, 0.3) is 5.91 Å². The smallest absolute Gasteiger partial charge is 0.288 e. The van der Waals surface area contributed by atoms with Crippen molar-refractivity contribution in [2.75, 3.05) is 5.32 Å². The molecule has 166 valence electrons. The molecule has 0 aliphatic carbocycles. The highest BCUT2D eigenvalue weighted by Gasteiger charge is 2.36. The molecule has 0 unspecified atom stereocenters. The fourth-order valence-corrected chi connectivity index (χ4v) is 3.93. The van der Waals surface area contributed by atoms with Gasteiger partial charge in [-0.1, -0.05) is 29.3 Å². The zero-order valence-electron chi connectivity index (χ0n) is 16.0. The van der Waals surface area contributed by atoms with Gasteiger partial charge in [0.15, 0.2) is 11.3 Å². The van der Waals surface area contributed by atoms with E-state index in [9.17, 15) is 18.0 Å². The summed E-state index contributed by atoms with van der Waals surface area (Å²) in [6.07, 6.45) is -3.34. The van der Waals surface area contributed by atoms with Crippen LogP contribution in [0.2, 0.25) is 10.0 Å². The molecule has 0 aliphatic rings. The molecule has 3 aromatic heterocycles. The van der Waals surface area contributed by atoms with Crippen LogP contribution in [0.4, 0.5) is 19.1 Å². The minimum Gasteiger partial charge on any atom is -0.288 e. The molecule has 1 aromatic carbocycles.